The maximum atomic E-state index is 12.3. The SMILES string of the molecule is C[C@@H](NS(=O)(=O)c1ccc(Cl)s1)c1ccc(-n2ccnc2)cc1. The molecule has 2 aromatic heterocycles. The van der Waals surface area contributed by atoms with Gasteiger partial charge in [-0.1, -0.05) is 23.7 Å². The number of thiophene rings is 1. The number of hydrogen-bond donors (Lipinski definition) is 1. The number of rotatable bonds is 5. The van der Waals surface area contributed by atoms with Crippen LogP contribution in [0.4, 0.5) is 0 Å². The van der Waals surface area contributed by atoms with E-state index in [0.717, 1.165) is 22.6 Å². The van der Waals surface area contributed by atoms with E-state index in [1.54, 1.807) is 25.5 Å². The van der Waals surface area contributed by atoms with Crippen LogP contribution in [0.2, 0.25) is 4.34 Å². The molecule has 23 heavy (non-hydrogen) atoms. The highest BCUT2D eigenvalue weighted by atomic mass is 35.5. The molecule has 0 radical (unpaired) electrons. The van der Waals surface area contributed by atoms with Crippen molar-refractivity contribution >= 4 is 33.0 Å². The molecule has 8 heteroatoms. The predicted octanol–water partition coefficient (Wildman–Crippen LogP) is 3.63. The molecule has 0 spiro atoms. The van der Waals surface area contributed by atoms with E-state index in [1.807, 2.05) is 35.0 Å². The molecule has 0 fully saturated rings. The molecule has 0 saturated heterocycles. The molecule has 3 aromatic rings. The van der Waals surface area contributed by atoms with Gasteiger partial charge in [-0.15, -0.1) is 11.3 Å². The summed E-state index contributed by atoms with van der Waals surface area (Å²) in [5, 5.41) is 0. The molecule has 120 valence electrons. The summed E-state index contributed by atoms with van der Waals surface area (Å²) in [6.07, 6.45) is 5.26. The van der Waals surface area contributed by atoms with Gasteiger partial charge in [-0.05, 0) is 36.8 Å². The molecule has 0 unspecified atom stereocenters. The zero-order valence-corrected chi connectivity index (χ0v) is 14.6. The van der Waals surface area contributed by atoms with Crippen LogP contribution in [0.5, 0.6) is 0 Å². The number of halogens is 1. The van der Waals surface area contributed by atoms with Crippen LogP contribution < -0.4 is 4.72 Å². The van der Waals surface area contributed by atoms with Crippen molar-refractivity contribution in [2.45, 2.75) is 17.2 Å². The third-order valence-corrected chi connectivity index (χ3v) is 6.60. The summed E-state index contributed by atoms with van der Waals surface area (Å²) in [7, 11) is -3.57. The lowest BCUT2D eigenvalue weighted by Crippen LogP contribution is -2.26. The molecular weight excluding hydrogens is 354 g/mol. The van der Waals surface area contributed by atoms with Gasteiger partial charge in [0.2, 0.25) is 0 Å². The number of sulfonamides is 1. The van der Waals surface area contributed by atoms with Crippen LogP contribution in [-0.4, -0.2) is 18.0 Å². The number of nitrogens with one attached hydrogen (secondary N) is 1. The Morgan fingerprint density at radius 3 is 2.52 bits per heavy atom. The van der Waals surface area contributed by atoms with Crippen molar-refractivity contribution in [3.63, 3.8) is 0 Å². The fourth-order valence-electron chi connectivity index (χ4n) is 2.15. The van der Waals surface area contributed by atoms with E-state index in [2.05, 4.69) is 9.71 Å². The van der Waals surface area contributed by atoms with E-state index in [4.69, 9.17) is 11.6 Å². The number of benzene rings is 1. The van der Waals surface area contributed by atoms with Crippen LogP contribution in [0, 0.1) is 0 Å². The van der Waals surface area contributed by atoms with Gasteiger partial charge in [0.05, 0.1) is 10.7 Å². The van der Waals surface area contributed by atoms with E-state index in [0.29, 0.717) is 4.34 Å². The molecule has 2 heterocycles. The van der Waals surface area contributed by atoms with Crippen LogP contribution >= 0.6 is 22.9 Å². The zero-order chi connectivity index (χ0) is 16.4. The van der Waals surface area contributed by atoms with E-state index >= 15 is 0 Å². The topological polar surface area (TPSA) is 64.0 Å². The lowest BCUT2D eigenvalue weighted by molar-refractivity contribution is 0.569. The first-order valence-electron chi connectivity index (χ1n) is 6.82. The highest BCUT2D eigenvalue weighted by Crippen LogP contribution is 2.27. The molecule has 0 aliphatic carbocycles. The molecule has 1 aromatic carbocycles. The van der Waals surface area contributed by atoms with Crippen molar-refractivity contribution in [3.05, 3.63) is 65.0 Å². The van der Waals surface area contributed by atoms with Gasteiger partial charge in [0.1, 0.15) is 4.21 Å². The predicted molar refractivity (Wildman–Crippen MR) is 91.6 cm³/mol. The van der Waals surface area contributed by atoms with Gasteiger partial charge in [0, 0.05) is 24.1 Å². The first-order valence-corrected chi connectivity index (χ1v) is 9.49. The lowest BCUT2D eigenvalue weighted by atomic mass is 10.1. The molecule has 3 rings (SSSR count). The minimum atomic E-state index is -3.57. The lowest BCUT2D eigenvalue weighted by Gasteiger charge is -2.14. The zero-order valence-electron chi connectivity index (χ0n) is 12.2. The molecular formula is C15H14ClN3O2S2. The van der Waals surface area contributed by atoms with Crippen molar-refractivity contribution in [2.75, 3.05) is 0 Å². The van der Waals surface area contributed by atoms with Crippen molar-refractivity contribution in [2.24, 2.45) is 0 Å². The molecule has 0 amide bonds. The Kier molecular flexibility index (Phi) is 4.54. The van der Waals surface area contributed by atoms with Crippen LogP contribution in [0.15, 0.2) is 59.3 Å². The Morgan fingerprint density at radius 1 is 1.22 bits per heavy atom. The van der Waals surface area contributed by atoms with Crippen LogP contribution in [0.25, 0.3) is 5.69 Å². The largest absolute Gasteiger partial charge is 0.306 e. The first kappa shape index (κ1) is 16.2. The summed E-state index contributed by atoms with van der Waals surface area (Å²) in [5.41, 5.74) is 1.84. The summed E-state index contributed by atoms with van der Waals surface area (Å²) in [6, 6.07) is 10.4. The normalized spacial score (nSPS) is 13.1. The average Bonchev–Trinajstić information content (AvgIpc) is 3.18. The minimum absolute atomic E-state index is 0.212. The quantitative estimate of drug-likeness (QED) is 0.749. The molecule has 0 aliphatic rings. The van der Waals surface area contributed by atoms with Crippen molar-refractivity contribution in [1.82, 2.24) is 14.3 Å². The van der Waals surface area contributed by atoms with Gasteiger partial charge in [-0.25, -0.2) is 18.1 Å². The molecule has 1 atom stereocenters. The van der Waals surface area contributed by atoms with E-state index in [9.17, 15) is 8.42 Å². The Hall–Kier alpha value is -1.67. The maximum absolute atomic E-state index is 12.3. The second-order valence-electron chi connectivity index (χ2n) is 4.96. The Bertz CT molecular complexity index is 887. The summed E-state index contributed by atoms with van der Waals surface area (Å²) < 4.78 is 29.8. The highest BCUT2D eigenvalue weighted by Gasteiger charge is 2.20. The third-order valence-electron chi connectivity index (χ3n) is 3.34. The summed E-state index contributed by atoms with van der Waals surface area (Å²) in [4.78, 5) is 4.00. The van der Waals surface area contributed by atoms with E-state index < -0.39 is 10.0 Å². The summed E-state index contributed by atoms with van der Waals surface area (Å²) in [6.45, 7) is 1.80. The van der Waals surface area contributed by atoms with Crippen molar-refractivity contribution in [3.8, 4) is 5.69 Å². The van der Waals surface area contributed by atoms with Crippen LogP contribution in [0.3, 0.4) is 0 Å². The number of hydrogen-bond acceptors (Lipinski definition) is 4. The van der Waals surface area contributed by atoms with Gasteiger partial charge >= 0.3 is 0 Å². The Balaban J connectivity index is 1.77. The van der Waals surface area contributed by atoms with Gasteiger partial charge < -0.3 is 4.57 Å². The molecule has 0 saturated carbocycles. The van der Waals surface area contributed by atoms with Crippen LogP contribution in [0.1, 0.15) is 18.5 Å². The van der Waals surface area contributed by atoms with Crippen LogP contribution in [-0.2, 0) is 10.0 Å². The number of imidazole rings is 1. The van der Waals surface area contributed by atoms with Gasteiger partial charge in [-0.2, -0.15) is 0 Å². The third kappa shape index (κ3) is 3.64. The molecule has 5 nitrogen and oxygen atoms in total. The standard InChI is InChI=1S/C15H14ClN3O2S2/c1-11(18-23(20,21)15-7-6-14(16)22-15)12-2-4-13(5-3-12)19-9-8-17-10-19/h2-11,18H,1H3/t11-/m1/s1. The van der Waals surface area contributed by atoms with Gasteiger partial charge in [-0.3, -0.25) is 0 Å². The number of aromatic nitrogens is 2. The van der Waals surface area contributed by atoms with E-state index in [1.165, 1.54) is 6.07 Å². The number of nitrogens with zero attached hydrogens (tertiary/aromatic N) is 2. The summed E-state index contributed by atoms with van der Waals surface area (Å²) >= 11 is 6.84. The summed E-state index contributed by atoms with van der Waals surface area (Å²) in [5.74, 6) is 0. The molecule has 0 bridgehead atoms. The van der Waals surface area contributed by atoms with Gasteiger partial charge in [0.25, 0.3) is 10.0 Å². The first-order chi connectivity index (χ1) is 11.0. The molecule has 0 aliphatic heterocycles. The second-order valence-corrected chi connectivity index (χ2v) is 8.62. The molecule has 1 N–H and O–H groups in total. The van der Waals surface area contributed by atoms with Gasteiger partial charge in [0.15, 0.2) is 0 Å². The Labute approximate surface area is 143 Å². The van der Waals surface area contributed by atoms with Crippen molar-refractivity contribution in [1.29, 1.82) is 0 Å². The average molecular weight is 368 g/mol. The second kappa shape index (κ2) is 6.45. The maximum Gasteiger partial charge on any atom is 0.250 e. The fourth-order valence-corrected chi connectivity index (χ4v) is 4.88. The van der Waals surface area contributed by atoms with E-state index in [-0.39, 0.29) is 10.3 Å². The fraction of sp³-hybridized carbons (Fsp3) is 0.133. The van der Waals surface area contributed by atoms with Crippen molar-refractivity contribution < 1.29 is 8.42 Å². The highest BCUT2D eigenvalue weighted by molar-refractivity contribution is 7.91. The monoisotopic (exact) mass is 367 g/mol. The smallest absolute Gasteiger partial charge is 0.250 e. The Morgan fingerprint density at radius 2 is 1.96 bits per heavy atom. The minimum Gasteiger partial charge on any atom is -0.306 e.